The Morgan fingerprint density at radius 3 is 2.62 bits per heavy atom. The van der Waals surface area contributed by atoms with Crippen molar-refractivity contribution in [2.75, 3.05) is 0 Å². The van der Waals surface area contributed by atoms with Gasteiger partial charge in [0.05, 0.1) is 12.5 Å². The number of nitrogens with zero attached hydrogens (tertiary/aromatic N) is 1. The standard InChI is InChI=1S/C12H14N2O2/c1-2-10(7-8-13)14-12(16)9-3-5-11(15)6-4-9/h3-6,10,15H,2,7H2,1H3,(H,14,16). The first-order valence-corrected chi connectivity index (χ1v) is 5.14. The monoisotopic (exact) mass is 218 g/mol. The molecule has 0 radical (unpaired) electrons. The molecule has 1 rings (SSSR count). The number of phenolic OH excluding ortho intramolecular Hbond substituents is 1. The number of nitriles is 1. The third kappa shape index (κ3) is 3.28. The normalized spacial score (nSPS) is 11.5. The molecule has 1 amide bonds. The fourth-order valence-electron chi connectivity index (χ4n) is 1.29. The van der Waals surface area contributed by atoms with Crippen LogP contribution in [-0.4, -0.2) is 17.1 Å². The second-order valence-corrected chi connectivity index (χ2v) is 3.49. The van der Waals surface area contributed by atoms with E-state index in [4.69, 9.17) is 10.4 Å². The molecule has 1 unspecified atom stereocenters. The Balaban J connectivity index is 2.65. The van der Waals surface area contributed by atoms with Crippen LogP contribution in [0.15, 0.2) is 24.3 Å². The molecule has 0 aliphatic rings. The minimum Gasteiger partial charge on any atom is -0.508 e. The Bertz CT molecular complexity index is 392. The Morgan fingerprint density at radius 2 is 2.12 bits per heavy atom. The zero-order chi connectivity index (χ0) is 12.0. The summed E-state index contributed by atoms with van der Waals surface area (Å²) in [7, 11) is 0. The number of hydrogen-bond donors (Lipinski definition) is 2. The van der Waals surface area contributed by atoms with Gasteiger partial charge in [0.1, 0.15) is 5.75 Å². The van der Waals surface area contributed by atoms with Gasteiger partial charge in [-0.15, -0.1) is 0 Å². The molecule has 1 atom stereocenters. The number of hydrogen-bond acceptors (Lipinski definition) is 3. The molecule has 0 spiro atoms. The quantitative estimate of drug-likeness (QED) is 0.809. The van der Waals surface area contributed by atoms with E-state index in [0.29, 0.717) is 12.0 Å². The van der Waals surface area contributed by atoms with E-state index < -0.39 is 0 Å². The Hall–Kier alpha value is -2.02. The van der Waals surface area contributed by atoms with E-state index in [1.165, 1.54) is 12.1 Å². The van der Waals surface area contributed by atoms with Gasteiger partial charge in [-0.2, -0.15) is 5.26 Å². The first-order chi connectivity index (χ1) is 7.67. The second kappa shape index (κ2) is 5.76. The molecule has 0 aromatic heterocycles. The van der Waals surface area contributed by atoms with Crippen molar-refractivity contribution in [1.29, 1.82) is 5.26 Å². The molecule has 0 heterocycles. The number of amides is 1. The molecule has 0 aliphatic heterocycles. The van der Waals surface area contributed by atoms with E-state index in [-0.39, 0.29) is 17.7 Å². The van der Waals surface area contributed by atoms with Gasteiger partial charge in [0.2, 0.25) is 0 Å². The zero-order valence-corrected chi connectivity index (χ0v) is 9.10. The van der Waals surface area contributed by atoms with Crippen LogP contribution >= 0.6 is 0 Å². The highest BCUT2D eigenvalue weighted by Crippen LogP contribution is 2.10. The van der Waals surface area contributed by atoms with Crippen LogP contribution < -0.4 is 5.32 Å². The van der Waals surface area contributed by atoms with Crippen molar-refractivity contribution in [1.82, 2.24) is 5.32 Å². The lowest BCUT2D eigenvalue weighted by Gasteiger charge is -2.13. The van der Waals surface area contributed by atoms with Gasteiger partial charge >= 0.3 is 0 Å². The van der Waals surface area contributed by atoms with E-state index in [1.807, 2.05) is 13.0 Å². The predicted octanol–water partition coefficient (Wildman–Crippen LogP) is 1.81. The SMILES string of the molecule is CCC(CC#N)NC(=O)c1ccc(O)cc1. The summed E-state index contributed by atoms with van der Waals surface area (Å²) in [4.78, 5) is 11.7. The summed E-state index contributed by atoms with van der Waals surface area (Å²) in [5.74, 6) is -0.0947. The molecule has 1 aromatic carbocycles. The lowest BCUT2D eigenvalue weighted by atomic mass is 10.1. The third-order valence-corrected chi connectivity index (χ3v) is 2.30. The molecule has 0 aliphatic carbocycles. The van der Waals surface area contributed by atoms with Crippen LogP contribution in [-0.2, 0) is 0 Å². The third-order valence-electron chi connectivity index (χ3n) is 2.30. The Labute approximate surface area is 94.5 Å². The molecule has 1 aromatic rings. The van der Waals surface area contributed by atoms with E-state index >= 15 is 0 Å². The maximum atomic E-state index is 11.7. The van der Waals surface area contributed by atoms with Crippen molar-refractivity contribution in [3.05, 3.63) is 29.8 Å². The van der Waals surface area contributed by atoms with Crippen LogP contribution in [0.3, 0.4) is 0 Å². The van der Waals surface area contributed by atoms with Crippen molar-refractivity contribution in [3.8, 4) is 11.8 Å². The first kappa shape index (κ1) is 12.1. The number of aromatic hydroxyl groups is 1. The summed E-state index contributed by atoms with van der Waals surface area (Å²) in [5.41, 5.74) is 0.481. The molecular weight excluding hydrogens is 204 g/mol. The highest BCUT2D eigenvalue weighted by atomic mass is 16.3. The van der Waals surface area contributed by atoms with E-state index in [9.17, 15) is 4.79 Å². The number of nitrogens with one attached hydrogen (secondary N) is 1. The molecule has 2 N–H and O–H groups in total. The van der Waals surface area contributed by atoms with Crippen molar-refractivity contribution < 1.29 is 9.90 Å². The number of benzene rings is 1. The van der Waals surface area contributed by atoms with Gasteiger partial charge < -0.3 is 10.4 Å². The molecule has 0 saturated carbocycles. The van der Waals surface area contributed by atoms with Gasteiger partial charge in [-0.3, -0.25) is 4.79 Å². The summed E-state index contributed by atoms with van der Waals surface area (Å²) < 4.78 is 0. The summed E-state index contributed by atoms with van der Waals surface area (Å²) in [6, 6.07) is 7.92. The number of carbonyl (C=O) groups excluding carboxylic acids is 1. The molecule has 0 bridgehead atoms. The van der Waals surface area contributed by atoms with Gasteiger partial charge in [0, 0.05) is 11.6 Å². The van der Waals surface area contributed by atoms with Crippen LogP contribution in [0.1, 0.15) is 30.1 Å². The maximum absolute atomic E-state index is 11.7. The smallest absolute Gasteiger partial charge is 0.251 e. The molecule has 4 nitrogen and oxygen atoms in total. The van der Waals surface area contributed by atoms with Crippen LogP contribution in [0.2, 0.25) is 0 Å². The largest absolute Gasteiger partial charge is 0.508 e. The summed E-state index contributed by atoms with van der Waals surface area (Å²) >= 11 is 0. The molecule has 0 fully saturated rings. The van der Waals surface area contributed by atoms with Gasteiger partial charge in [-0.05, 0) is 30.7 Å². The average molecular weight is 218 g/mol. The van der Waals surface area contributed by atoms with Gasteiger partial charge in [-0.25, -0.2) is 0 Å². The first-order valence-electron chi connectivity index (χ1n) is 5.14. The highest BCUT2D eigenvalue weighted by Gasteiger charge is 2.11. The van der Waals surface area contributed by atoms with E-state index in [2.05, 4.69) is 5.32 Å². The highest BCUT2D eigenvalue weighted by molar-refractivity contribution is 5.94. The van der Waals surface area contributed by atoms with Crippen molar-refractivity contribution in [2.45, 2.75) is 25.8 Å². The van der Waals surface area contributed by atoms with Crippen molar-refractivity contribution >= 4 is 5.91 Å². The minimum absolute atomic E-state index is 0.119. The Kier molecular flexibility index (Phi) is 4.34. The molecule has 16 heavy (non-hydrogen) atoms. The van der Waals surface area contributed by atoms with Crippen LogP contribution in [0.4, 0.5) is 0 Å². The summed E-state index contributed by atoms with van der Waals surface area (Å²) in [6.07, 6.45) is 1.03. The Morgan fingerprint density at radius 1 is 1.50 bits per heavy atom. The molecule has 0 saturated heterocycles. The van der Waals surface area contributed by atoms with Gasteiger partial charge in [0.15, 0.2) is 0 Å². The number of phenols is 1. The van der Waals surface area contributed by atoms with Crippen LogP contribution in [0, 0.1) is 11.3 Å². The van der Waals surface area contributed by atoms with Crippen LogP contribution in [0.5, 0.6) is 5.75 Å². The molecule has 84 valence electrons. The average Bonchev–Trinajstić information content (AvgIpc) is 2.29. The van der Waals surface area contributed by atoms with E-state index in [1.54, 1.807) is 12.1 Å². The van der Waals surface area contributed by atoms with Gasteiger partial charge in [0.25, 0.3) is 5.91 Å². The van der Waals surface area contributed by atoms with Crippen molar-refractivity contribution in [2.24, 2.45) is 0 Å². The van der Waals surface area contributed by atoms with Gasteiger partial charge in [-0.1, -0.05) is 6.92 Å². The van der Waals surface area contributed by atoms with E-state index in [0.717, 1.165) is 6.42 Å². The second-order valence-electron chi connectivity index (χ2n) is 3.49. The van der Waals surface area contributed by atoms with Crippen LogP contribution in [0.25, 0.3) is 0 Å². The number of carbonyl (C=O) groups is 1. The topological polar surface area (TPSA) is 73.1 Å². The summed E-state index contributed by atoms with van der Waals surface area (Å²) in [5, 5.41) is 20.4. The minimum atomic E-state index is -0.220. The number of rotatable bonds is 4. The zero-order valence-electron chi connectivity index (χ0n) is 9.10. The maximum Gasteiger partial charge on any atom is 0.251 e. The van der Waals surface area contributed by atoms with Crippen molar-refractivity contribution in [3.63, 3.8) is 0 Å². The fourth-order valence-corrected chi connectivity index (χ4v) is 1.29. The fraction of sp³-hybridized carbons (Fsp3) is 0.333. The predicted molar refractivity (Wildman–Crippen MR) is 59.9 cm³/mol. The molecular formula is C12H14N2O2. The lowest BCUT2D eigenvalue weighted by molar-refractivity contribution is 0.0936. The lowest BCUT2D eigenvalue weighted by Crippen LogP contribution is -2.33. The summed E-state index contributed by atoms with van der Waals surface area (Å²) in [6.45, 7) is 1.92. The molecule has 4 heteroatoms.